The summed E-state index contributed by atoms with van der Waals surface area (Å²) in [4.78, 5) is 2.16. The first-order chi connectivity index (χ1) is 31.6. The molecule has 0 aliphatic carbocycles. The van der Waals surface area contributed by atoms with Crippen molar-refractivity contribution in [3.8, 4) is 22.9 Å². The van der Waals surface area contributed by atoms with E-state index in [4.69, 9.17) is 8.83 Å². The van der Waals surface area contributed by atoms with Crippen LogP contribution in [0, 0.1) is 11.6 Å². The lowest BCUT2D eigenvalue weighted by Gasteiger charge is -2.37. The molecule has 0 atom stereocenters. The van der Waals surface area contributed by atoms with Gasteiger partial charge in [-0.05, 0) is 55.1 Å². The van der Waals surface area contributed by atoms with Crippen LogP contribution in [-0.4, -0.2) is 110 Å². The van der Waals surface area contributed by atoms with Crippen molar-refractivity contribution in [2.75, 3.05) is 67.5 Å². The number of likely N-dealkylation sites (N-methyl/N-ethyl adjacent to an activating group) is 1. The number of nitrogens with zero attached hydrogens (tertiary/aromatic N) is 9. The Bertz CT molecular complexity index is 2770. The van der Waals surface area contributed by atoms with E-state index in [-0.39, 0.29) is 59.5 Å². The fourth-order valence-corrected chi connectivity index (χ4v) is 10.2. The topological polar surface area (TPSA) is 174 Å². The molecule has 0 amide bonds. The van der Waals surface area contributed by atoms with Gasteiger partial charge in [0.05, 0.1) is 24.5 Å². The minimum Gasteiger partial charge on any atom is -0.415 e. The van der Waals surface area contributed by atoms with Crippen molar-refractivity contribution in [1.82, 2.24) is 39.2 Å². The largest absolute Gasteiger partial charge is 0.415 e. The number of rotatable bonds is 15. The van der Waals surface area contributed by atoms with Crippen molar-refractivity contribution in [2.24, 2.45) is 0 Å². The van der Waals surface area contributed by atoms with Gasteiger partial charge in [-0.25, -0.2) is 8.78 Å². The third-order valence-corrected chi connectivity index (χ3v) is 14.5. The summed E-state index contributed by atoms with van der Waals surface area (Å²) < 4.78 is 149. The molecule has 0 spiro atoms. The minimum absolute atomic E-state index is 0. The highest BCUT2D eigenvalue weighted by Crippen LogP contribution is 2.30. The Labute approximate surface area is 389 Å². The van der Waals surface area contributed by atoms with Gasteiger partial charge in [0, 0.05) is 74.6 Å². The molecule has 0 saturated carbocycles. The first kappa shape index (κ1) is 50.8. The number of hydrogen-bond acceptors (Lipinski definition) is 12. The van der Waals surface area contributed by atoms with Gasteiger partial charge in [0.25, 0.3) is 11.8 Å². The molecule has 4 heterocycles. The lowest BCUT2D eigenvalue weighted by molar-refractivity contribution is 0.115. The molecule has 8 rings (SSSR count). The van der Waals surface area contributed by atoms with E-state index < -0.39 is 56.7 Å². The van der Waals surface area contributed by atoms with Crippen molar-refractivity contribution in [1.29, 1.82) is 0 Å². The second-order valence-electron chi connectivity index (χ2n) is 14.8. The van der Waals surface area contributed by atoms with Crippen molar-refractivity contribution >= 4 is 44.2 Å². The number of alkyl halides is 4. The van der Waals surface area contributed by atoms with Crippen LogP contribution in [0.1, 0.15) is 42.7 Å². The third-order valence-electron chi connectivity index (χ3n) is 10.6. The first-order valence-corrected chi connectivity index (χ1v) is 23.3. The van der Waals surface area contributed by atoms with Gasteiger partial charge in [-0.1, -0.05) is 55.5 Å². The average Bonchev–Trinajstić information content (AvgIpc) is 4.04. The number of piperazine rings is 2. The number of aromatic nitrogens is 4. The Kier molecular flexibility index (Phi) is 17.0. The van der Waals surface area contributed by atoms with Crippen LogP contribution in [0.4, 0.5) is 37.7 Å². The Morgan fingerprint density at radius 3 is 1.36 bits per heavy atom. The maximum absolute atomic E-state index is 15.0. The van der Waals surface area contributed by atoms with Crippen LogP contribution in [0.3, 0.4) is 0 Å². The van der Waals surface area contributed by atoms with E-state index in [9.17, 15) is 38.8 Å². The number of nitrogens with one attached hydrogen (secondary N) is 1. The molecule has 2 aliphatic heterocycles. The molecular weight excluding hydrogens is 954 g/mol. The van der Waals surface area contributed by atoms with Crippen LogP contribution in [0.15, 0.2) is 106 Å². The molecule has 2 saturated heterocycles. The molecule has 0 bridgehead atoms. The Morgan fingerprint density at radius 2 is 1.00 bits per heavy atom. The van der Waals surface area contributed by atoms with Gasteiger partial charge >= 0.3 is 33.3 Å². The predicted molar refractivity (Wildman–Crippen MR) is 238 cm³/mol. The average molecular weight is 999 g/mol. The van der Waals surface area contributed by atoms with Crippen LogP contribution < -0.4 is 13.9 Å². The summed E-state index contributed by atoms with van der Waals surface area (Å²) in [6, 6.07) is 24.6. The highest BCUT2D eigenvalue weighted by atomic mass is 35.5. The van der Waals surface area contributed by atoms with E-state index in [1.54, 1.807) is 60.7 Å². The molecule has 0 radical (unpaired) electrons. The van der Waals surface area contributed by atoms with Gasteiger partial charge in [0.2, 0.25) is 11.8 Å². The molecular formula is C42H45ClF6N10O6S2. The van der Waals surface area contributed by atoms with E-state index in [2.05, 4.69) is 30.6 Å². The maximum Gasteiger partial charge on any atom is 0.314 e. The number of anilines is 2. The van der Waals surface area contributed by atoms with Crippen LogP contribution in [-0.2, 0) is 33.5 Å². The lowest BCUT2D eigenvalue weighted by atomic mass is 10.1. The summed E-state index contributed by atoms with van der Waals surface area (Å²) in [5.74, 6) is -3.66. The molecule has 67 heavy (non-hydrogen) atoms. The summed E-state index contributed by atoms with van der Waals surface area (Å²) in [6.07, 6.45) is -5.87. The molecule has 2 aliphatic rings. The standard InChI is InChI=1S/C22H24F3N5O3S.C20H20F3N5O3S.ClH/c1-2-28-10-12-29(13-11-28)34(31,32)30(18-6-4-3-5-7-18)15-17-9-8-16(14-19(17)23)21-26-27-22(33-21)20(24)25;21-17-12-14(19-25-26-20(31-19)18(22)23)6-7-15(17)13-28(16-4-2-1-3-5-16)32(29,30)27-10-8-24-9-11-27;/h3-9,14,20H,2,10-13,15H2,1H3;1-7,12,18,24H,8-11,13H2;1H. The summed E-state index contributed by atoms with van der Waals surface area (Å²) in [5.41, 5.74) is 1.24. The first-order valence-electron chi connectivity index (χ1n) is 20.5. The molecule has 25 heteroatoms. The minimum atomic E-state index is -3.94. The second-order valence-corrected chi connectivity index (χ2v) is 18.5. The van der Waals surface area contributed by atoms with E-state index in [0.717, 1.165) is 23.0 Å². The van der Waals surface area contributed by atoms with Crippen molar-refractivity contribution in [3.63, 3.8) is 0 Å². The van der Waals surface area contributed by atoms with Gasteiger partial charge in [-0.15, -0.1) is 32.8 Å². The molecule has 6 aromatic rings. The summed E-state index contributed by atoms with van der Waals surface area (Å²) in [6.45, 7) is 5.92. The van der Waals surface area contributed by atoms with E-state index in [0.29, 0.717) is 63.7 Å². The molecule has 2 aromatic heterocycles. The monoisotopic (exact) mass is 998 g/mol. The summed E-state index contributed by atoms with van der Waals surface area (Å²) in [5, 5.41) is 16.6. The molecule has 2 fully saturated rings. The zero-order valence-electron chi connectivity index (χ0n) is 35.6. The van der Waals surface area contributed by atoms with Gasteiger partial charge in [-0.2, -0.15) is 43.0 Å². The Balaban J connectivity index is 0.000000218. The van der Waals surface area contributed by atoms with Gasteiger partial charge in [0.1, 0.15) is 11.6 Å². The van der Waals surface area contributed by atoms with E-state index >= 15 is 4.39 Å². The smallest absolute Gasteiger partial charge is 0.314 e. The van der Waals surface area contributed by atoms with Crippen LogP contribution in [0.5, 0.6) is 0 Å². The number of hydrogen-bond donors (Lipinski definition) is 1. The second kappa shape index (κ2) is 22.4. The zero-order valence-corrected chi connectivity index (χ0v) is 38.1. The fourth-order valence-electron chi connectivity index (χ4n) is 7.04. The quantitative estimate of drug-likeness (QED) is 0.104. The third kappa shape index (κ3) is 12.1. The number of halogens is 7. The predicted octanol–water partition coefficient (Wildman–Crippen LogP) is 7.09. The van der Waals surface area contributed by atoms with Crippen LogP contribution >= 0.6 is 12.4 Å². The number of para-hydroxylation sites is 2. The van der Waals surface area contributed by atoms with Crippen molar-refractivity contribution in [3.05, 3.63) is 132 Å². The zero-order chi connectivity index (χ0) is 47.0. The Morgan fingerprint density at radius 1 is 0.597 bits per heavy atom. The molecule has 16 nitrogen and oxygen atoms in total. The van der Waals surface area contributed by atoms with Crippen LogP contribution in [0.25, 0.3) is 22.9 Å². The molecule has 4 aromatic carbocycles. The normalized spacial score (nSPS) is 15.2. The highest BCUT2D eigenvalue weighted by Gasteiger charge is 2.34. The number of benzene rings is 4. The van der Waals surface area contributed by atoms with Crippen molar-refractivity contribution < 1.29 is 52.0 Å². The maximum atomic E-state index is 15.0. The van der Waals surface area contributed by atoms with Gasteiger partial charge < -0.3 is 19.1 Å². The lowest BCUT2D eigenvalue weighted by Crippen LogP contribution is -2.53. The van der Waals surface area contributed by atoms with Gasteiger partial charge in [0.15, 0.2) is 0 Å². The van der Waals surface area contributed by atoms with E-state index in [1.165, 1.54) is 37.2 Å². The van der Waals surface area contributed by atoms with E-state index in [1.807, 2.05) is 6.92 Å². The molecule has 360 valence electrons. The Hall–Kier alpha value is -5.63. The molecule has 1 N–H and O–H groups in total. The van der Waals surface area contributed by atoms with Crippen LogP contribution in [0.2, 0.25) is 0 Å². The summed E-state index contributed by atoms with van der Waals surface area (Å²) in [7, 11) is -7.87. The molecule has 0 unspecified atom stereocenters. The highest BCUT2D eigenvalue weighted by molar-refractivity contribution is 7.90. The SMILES string of the molecule is CCN1CCN(S(=O)(=O)N(Cc2ccc(-c3nnc(C(F)F)o3)cc2F)c2ccccc2)CC1.Cl.O=S(=O)(N1CCNCC1)N(Cc1ccc(-c2nnc(C(F)F)o2)cc1F)c1ccccc1. The fraction of sp³-hybridized carbons (Fsp3) is 0.333. The summed E-state index contributed by atoms with van der Waals surface area (Å²) >= 11 is 0. The van der Waals surface area contributed by atoms with Crippen molar-refractivity contribution in [2.45, 2.75) is 32.9 Å². The van der Waals surface area contributed by atoms with Gasteiger partial charge in [-0.3, -0.25) is 8.61 Å².